The molecule has 0 bridgehead atoms. The normalized spacial score (nSPS) is 22.1. The fourth-order valence-corrected chi connectivity index (χ4v) is 2.18. The second kappa shape index (κ2) is 4.98. The Balaban J connectivity index is 1.76. The number of ether oxygens (including phenoxy) is 2. The Morgan fingerprint density at radius 1 is 1.18 bits per heavy atom. The van der Waals surface area contributed by atoms with Gasteiger partial charge < -0.3 is 14.8 Å². The van der Waals surface area contributed by atoms with Crippen molar-refractivity contribution >= 4 is 0 Å². The van der Waals surface area contributed by atoms with Gasteiger partial charge in [0, 0.05) is 44.6 Å². The number of nitrogens with zero attached hydrogens (tertiary/aromatic N) is 2. The lowest BCUT2D eigenvalue weighted by atomic mass is 9.96. The van der Waals surface area contributed by atoms with Crippen LogP contribution in [0.3, 0.4) is 0 Å². The molecule has 5 nitrogen and oxygen atoms in total. The summed E-state index contributed by atoms with van der Waals surface area (Å²) in [6.45, 7) is 3.44. The number of hydrogen-bond acceptors (Lipinski definition) is 5. The van der Waals surface area contributed by atoms with Gasteiger partial charge in [-0.05, 0) is 12.8 Å². The predicted octanol–water partition coefficient (Wildman–Crippen LogP) is 0.721. The molecule has 0 unspecified atom stereocenters. The lowest BCUT2D eigenvalue weighted by Crippen LogP contribution is -2.50. The summed E-state index contributed by atoms with van der Waals surface area (Å²) < 4.78 is 11.2. The Kier molecular flexibility index (Phi) is 3.20. The van der Waals surface area contributed by atoms with Crippen LogP contribution < -0.4 is 10.1 Å². The van der Waals surface area contributed by atoms with Crippen molar-refractivity contribution in [3.8, 4) is 5.88 Å². The minimum Gasteiger partial charge on any atom is -0.470 e. The Morgan fingerprint density at radius 2 is 1.94 bits per heavy atom. The van der Waals surface area contributed by atoms with Crippen molar-refractivity contribution in [2.75, 3.05) is 26.3 Å². The van der Waals surface area contributed by atoms with Crippen LogP contribution in [-0.4, -0.2) is 42.4 Å². The van der Waals surface area contributed by atoms with Crippen LogP contribution in [0.1, 0.15) is 24.5 Å². The highest BCUT2D eigenvalue weighted by Crippen LogP contribution is 2.30. The summed E-state index contributed by atoms with van der Waals surface area (Å²) >= 11 is 0. The van der Waals surface area contributed by atoms with E-state index in [0.29, 0.717) is 11.8 Å². The van der Waals surface area contributed by atoms with Crippen LogP contribution >= 0.6 is 0 Å². The first-order valence-electron chi connectivity index (χ1n) is 6.19. The van der Waals surface area contributed by atoms with Gasteiger partial charge in [0.25, 0.3) is 0 Å². The van der Waals surface area contributed by atoms with Crippen LogP contribution in [0, 0.1) is 0 Å². The van der Waals surface area contributed by atoms with Gasteiger partial charge in [-0.3, -0.25) is 4.98 Å². The molecule has 92 valence electrons. The van der Waals surface area contributed by atoms with Gasteiger partial charge in [0.05, 0.1) is 0 Å². The molecule has 2 saturated heterocycles. The molecule has 0 saturated carbocycles. The van der Waals surface area contributed by atoms with Gasteiger partial charge in [0.2, 0.25) is 5.88 Å². The van der Waals surface area contributed by atoms with Gasteiger partial charge in [-0.25, -0.2) is 4.98 Å². The minimum absolute atomic E-state index is 0.255. The van der Waals surface area contributed by atoms with Gasteiger partial charge in [-0.15, -0.1) is 0 Å². The van der Waals surface area contributed by atoms with Crippen molar-refractivity contribution in [2.45, 2.75) is 24.9 Å². The molecule has 0 spiro atoms. The molecule has 1 aromatic heterocycles. The SMILES string of the molecule is c1cnc(C2CCOCC2)c(OC2CNC2)n1. The molecule has 0 radical (unpaired) electrons. The molecular formula is C12H17N3O2. The Morgan fingerprint density at radius 3 is 2.65 bits per heavy atom. The largest absolute Gasteiger partial charge is 0.470 e. The Bertz CT molecular complexity index is 376. The maximum atomic E-state index is 5.86. The van der Waals surface area contributed by atoms with Crippen LogP contribution in [0.2, 0.25) is 0 Å². The fraction of sp³-hybridized carbons (Fsp3) is 0.667. The summed E-state index contributed by atoms with van der Waals surface area (Å²) in [5, 5.41) is 3.19. The van der Waals surface area contributed by atoms with Crippen molar-refractivity contribution < 1.29 is 9.47 Å². The van der Waals surface area contributed by atoms with Crippen molar-refractivity contribution in [1.82, 2.24) is 15.3 Å². The zero-order valence-electron chi connectivity index (χ0n) is 9.76. The standard InChI is InChI=1S/C12H17N3O2/c1-5-16-6-2-9(1)11-12(15-4-3-14-11)17-10-7-13-8-10/h3-4,9-10,13H,1-2,5-8H2. The summed E-state index contributed by atoms with van der Waals surface area (Å²) in [4.78, 5) is 8.77. The third-order valence-corrected chi connectivity index (χ3v) is 3.32. The van der Waals surface area contributed by atoms with E-state index >= 15 is 0 Å². The second-order valence-corrected chi connectivity index (χ2v) is 4.53. The third kappa shape index (κ3) is 2.40. The second-order valence-electron chi connectivity index (χ2n) is 4.53. The monoisotopic (exact) mass is 235 g/mol. The third-order valence-electron chi connectivity index (χ3n) is 3.32. The van der Waals surface area contributed by atoms with E-state index in [2.05, 4.69) is 15.3 Å². The van der Waals surface area contributed by atoms with Crippen molar-refractivity contribution in [3.63, 3.8) is 0 Å². The molecule has 0 aromatic carbocycles. The first kappa shape index (κ1) is 10.9. The van der Waals surface area contributed by atoms with E-state index < -0.39 is 0 Å². The molecule has 0 aliphatic carbocycles. The predicted molar refractivity (Wildman–Crippen MR) is 62.1 cm³/mol. The molecule has 5 heteroatoms. The molecule has 0 atom stereocenters. The average Bonchev–Trinajstić information content (AvgIpc) is 2.35. The van der Waals surface area contributed by atoms with E-state index in [-0.39, 0.29) is 6.10 Å². The van der Waals surface area contributed by atoms with Crippen molar-refractivity contribution in [2.24, 2.45) is 0 Å². The zero-order valence-corrected chi connectivity index (χ0v) is 9.76. The molecule has 3 heterocycles. The summed E-state index contributed by atoms with van der Waals surface area (Å²) in [6.07, 6.45) is 5.72. The maximum absolute atomic E-state index is 5.86. The number of nitrogens with one attached hydrogen (secondary N) is 1. The Hall–Kier alpha value is -1.20. The summed E-state index contributed by atoms with van der Waals surface area (Å²) in [5.74, 6) is 1.14. The quantitative estimate of drug-likeness (QED) is 0.836. The zero-order chi connectivity index (χ0) is 11.5. The van der Waals surface area contributed by atoms with Crippen molar-refractivity contribution in [1.29, 1.82) is 0 Å². The van der Waals surface area contributed by atoms with Gasteiger partial charge >= 0.3 is 0 Å². The molecule has 1 aromatic rings. The smallest absolute Gasteiger partial charge is 0.236 e. The van der Waals surface area contributed by atoms with E-state index in [9.17, 15) is 0 Å². The van der Waals surface area contributed by atoms with Crippen LogP contribution in [0.15, 0.2) is 12.4 Å². The average molecular weight is 235 g/mol. The highest BCUT2D eigenvalue weighted by Gasteiger charge is 2.25. The Labute approximate surface area is 101 Å². The number of aromatic nitrogens is 2. The van der Waals surface area contributed by atoms with Crippen LogP contribution in [0.25, 0.3) is 0 Å². The summed E-state index contributed by atoms with van der Waals surface area (Å²) in [5.41, 5.74) is 1.00. The van der Waals surface area contributed by atoms with Gasteiger partial charge in [-0.1, -0.05) is 0 Å². The van der Waals surface area contributed by atoms with Crippen LogP contribution in [0.5, 0.6) is 5.88 Å². The summed E-state index contributed by atoms with van der Waals surface area (Å²) in [6, 6.07) is 0. The van der Waals surface area contributed by atoms with E-state index in [1.165, 1.54) is 0 Å². The molecule has 0 amide bonds. The van der Waals surface area contributed by atoms with E-state index in [1.54, 1.807) is 12.4 Å². The number of hydrogen-bond donors (Lipinski definition) is 1. The first-order chi connectivity index (χ1) is 8.43. The molecule has 1 N–H and O–H groups in total. The molecule has 17 heavy (non-hydrogen) atoms. The lowest BCUT2D eigenvalue weighted by molar-refractivity contribution is 0.0814. The van der Waals surface area contributed by atoms with Crippen LogP contribution in [0.4, 0.5) is 0 Å². The maximum Gasteiger partial charge on any atom is 0.236 e. The van der Waals surface area contributed by atoms with E-state index in [1.807, 2.05) is 0 Å². The van der Waals surface area contributed by atoms with Gasteiger partial charge in [0.1, 0.15) is 11.8 Å². The van der Waals surface area contributed by atoms with Gasteiger partial charge in [0.15, 0.2) is 0 Å². The van der Waals surface area contributed by atoms with E-state index in [4.69, 9.17) is 9.47 Å². The highest BCUT2D eigenvalue weighted by atomic mass is 16.5. The fourth-order valence-electron chi connectivity index (χ4n) is 2.18. The molecule has 2 aliphatic rings. The van der Waals surface area contributed by atoms with Crippen molar-refractivity contribution in [3.05, 3.63) is 18.1 Å². The molecular weight excluding hydrogens is 218 g/mol. The topological polar surface area (TPSA) is 56.3 Å². The summed E-state index contributed by atoms with van der Waals surface area (Å²) in [7, 11) is 0. The highest BCUT2D eigenvalue weighted by molar-refractivity contribution is 5.22. The van der Waals surface area contributed by atoms with Crippen LogP contribution in [-0.2, 0) is 4.74 Å². The molecule has 2 fully saturated rings. The number of rotatable bonds is 3. The van der Waals surface area contributed by atoms with Gasteiger partial charge in [-0.2, -0.15) is 0 Å². The molecule has 3 rings (SSSR count). The molecule has 2 aliphatic heterocycles. The first-order valence-corrected chi connectivity index (χ1v) is 6.19. The minimum atomic E-state index is 0.255. The van der Waals surface area contributed by atoms with E-state index in [0.717, 1.165) is 44.8 Å². The lowest BCUT2D eigenvalue weighted by Gasteiger charge is -2.29.